The standard InChI is InChI=1S/C17H16N2O5/c1-17(2)23-15(20)13(16(21)24-17)9-19-11-5-4-10-6-7-18-14(22-3)12(10)8-11/h4-9,19H,1-3H3. The van der Waals surface area contributed by atoms with Gasteiger partial charge in [-0.15, -0.1) is 0 Å². The van der Waals surface area contributed by atoms with Gasteiger partial charge in [-0.2, -0.15) is 0 Å². The quantitative estimate of drug-likeness (QED) is 0.526. The third-order valence-electron chi connectivity index (χ3n) is 3.42. The van der Waals surface area contributed by atoms with Gasteiger partial charge in [-0.05, 0) is 23.6 Å². The van der Waals surface area contributed by atoms with Crippen LogP contribution < -0.4 is 10.1 Å². The van der Waals surface area contributed by atoms with Crippen molar-refractivity contribution in [3.8, 4) is 5.88 Å². The lowest BCUT2D eigenvalue weighted by molar-refractivity contribution is -0.222. The Morgan fingerprint density at radius 1 is 1.17 bits per heavy atom. The van der Waals surface area contributed by atoms with E-state index in [2.05, 4.69) is 10.3 Å². The van der Waals surface area contributed by atoms with Crippen molar-refractivity contribution in [2.75, 3.05) is 12.4 Å². The SMILES string of the molecule is COc1nccc2ccc(NC=C3C(=O)OC(C)(C)OC3=O)cc12. The molecule has 0 amide bonds. The third kappa shape index (κ3) is 3.01. The predicted octanol–water partition coefficient (Wildman–Crippen LogP) is 2.38. The summed E-state index contributed by atoms with van der Waals surface area (Å²) in [4.78, 5) is 27.9. The molecule has 0 saturated carbocycles. The van der Waals surface area contributed by atoms with Crippen LogP contribution in [0.25, 0.3) is 10.8 Å². The lowest BCUT2D eigenvalue weighted by Crippen LogP contribution is -2.42. The van der Waals surface area contributed by atoms with E-state index in [1.165, 1.54) is 20.0 Å². The van der Waals surface area contributed by atoms with Gasteiger partial charge in [0.1, 0.15) is 0 Å². The minimum atomic E-state index is -1.26. The van der Waals surface area contributed by atoms with Gasteiger partial charge >= 0.3 is 11.9 Å². The number of methoxy groups -OCH3 is 1. The zero-order chi connectivity index (χ0) is 17.3. The van der Waals surface area contributed by atoms with Crippen LogP contribution in [0.5, 0.6) is 5.88 Å². The Kier molecular flexibility index (Phi) is 3.84. The molecule has 7 nitrogen and oxygen atoms in total. The Hall–Kier alpha value is -3.09. The van der Waals surface area contributed by atoms with E-state index >= 15 is 0 Å². The maximum Gasteiger partial charge on any atom is 0.350 e. The molecule has 0 radical (unpaired) electrons. The number of hydrogen-bond acceptors (Lipinski definition) is 7. The highest BCUT2D eigenvalue weighted by Crippen LogP contribution is 2.27. The summed E-state index contributed by atoms with van der Waals surface area (Å²) in [6.07, 6.45) is 2.93. The molecule has 1 fully saturated rings. The number of carbonyl (C=O) groups excluding carboxylic acids is 2. The second-order valence-corrected chi connectivity index (χ2v) is 5.64. The average molecular weight is 328 g/mol. The minimum Gasteiger partial charge on any atom is -0.481 e. The van der Waals surface area contributed by atoms with E-state index in [9.17, 15) is 9.59 Å². The Balaban J connectivity index is 1.88. The largest absolute Gasteiger partial charge is 0.481 e. The first-order valence-corrected chi connectivity index (χ1v) is 7.26. The number of benzene rings is 1. The molecule has 1 saturated heterocycles. The predicted molar refractivity (Wildman–Crippen MR) is 86.3 cm³/mol. The van der Waals surface area contributed by atoms with Crippen molar-refractivity contribution in [1.29, 1.82) is 0 Å². The molecule has 24 heavy (non-hydrogen) atoms. The van der Waals surface area contributed by atoms with Crippen LogP contribution in [0, 0.1) is 0 Å². The molecular formula is C17H16N2O5. The van der Waals surface area contributed by atoms with Gasteiger partial charge in [0, 0.05) is 37.3 Å². The fraction of sp³-hybridized carbons (Fsp3) is 0.235. The topological polar surface area (TPSA) is 86.8 Å². The molecule has 0 aliphatic carbocycles. The number of aromatic nitrogens is 1. The molecule has 2 aromatic rings. The van der Waals surface area contributed by atoms with Crippen molar-refractivity contribution < 1.29 is 23.8 Å². The number of ether oxygens (including phenoxy) is 3. The van der Waals surface area contributed by atoms with Crippen molar-refractivity contribution >= 4 is 28.4 Å². The van der Waals surface area contributed by atoms with Gasteiger partial charge in [0.25, 0.3) is 5.79 Å². The molecule has 7 heteroatoms. The number of hydrogen-bond donors (Lipinski definition) is 1. The van der Waals surface area contributed by atoms with Crippen molar-refractivity contribution in [2.45, 2.75) is 19.6 Å². The first kappa shape index (κ1) is 15.8. The van der Waals surface area contributed by atoms with Gasteiger partial charge in [0.2, 0.25) is 5.88 Å². The second kappa shape index (κ2) is 5.84. The Labute approximate surface area is 138 Å². The summed E-state index contributed by atoms with van der Waals surface area (Å²) in [5.41, 5.74) is 0.458. The van der Waals surface area contributed by atoms with E-state index in [1.54, 1.807) is 13.3 Å². The molecule has 0 unspecified atom stereocenters. The molecule has 1 aromatic heterocycles. The van der Waals surface area contributed by atoms with Gasteiger partial charge < -0.3 is 19.5 Å². The molecule has 1 aliphatic rings. The van der Waals surface area contributed by atoms with Crippen LogP contribution in [-0.4, -0.2) is 29.8 Å². The molecule has 2 heterocycles. The van der Waals surface area contributed by atoms with Gasteiger partial charge in [0.15, 0.2) is 5.57 Å². The lowest BCUT2D eigenvalue weighted by atomic mass is 10.1. The summed E-state index contributed by atoms with van der Waals surface area (Å²) in [7, 11) is 1.54. The Morgan fingerprint density at radius 2 is 1.88 bits per heavy atom. The summed E-state index contributed by atoms with van der Waals surface area (Å²) in [6.45, 7) is 2.99. The van der Waals surface area contributed by atoms with Crippen LogP contribution in [0.15, 0.2) is 42.2 Å². The van der Waals surface area contributed by atoms with E-state index in [1.807, 2.05) is 24.3 Å². The minimum absolute atomic E-state index is 0.201. The van der Waals surface area contributed by atoms with Crippen LogP contribution in [0.1, 0.15) is 13.8 Å². The highest BCUT2D eigenvalue weighted by Gasteiger charge is 2.38. The van der Waals surface area contributed by atoms with Crippen LogP contribution in [0.3, 0.4) is 0 Å². The number of nitrogens with zero attached hydrogens (tertiary/aromatic N) is 1. The molecular weight excluding hydrogens is 312 g/mol. The fourth-order valence-electron chi connectivity index (χ4n) is 2.33. The van der Waals surface area contributed by atoms with E-state index in [0.717, 1.165) is 10.8 Å². The number of rotatable bonds is 3. The highest BCUT2D eigenvalue weighted by molar-refractivity contribution is 6.15. The number of pyridine rings is 1. The van der Waals surface area contributed by atoms with E-state index in [0.29, 0.717) is 11.6 Å². The molecule has 0 atom stereocenters. The zero-order valence-corrected chi connectivity index (χ0v) is 13.5. The molecule has 1 N–H and O–H groups in total. The third-order valence-corrected chi connectivity index (χ3v) is 3.42. The van der Waals surface area contributed by atoms with Crippen molar-refractivity contribution in [1.82, 2.24) is 4.98 Å². The summed E-state index contributed by atoms with van der Waals surface area (Å²) >= 11 is 0. The van der Waals surface area contributed by atoms with Crippen LogP contribution in [0.4, 0.5) is 5.69 Å². The second-order valence-electron chi connectivity index (χ2n) is 5.64. The monoisotopic (exact) mass is 328 g/mol. The van der Waals surface area contributed by atoms with Gasteiger partial charge in [-0.3, -0.25) is 0 Å². The number of cyclic esters (lactones) is 2. The summed E-state index contributed by atoms with van der Waals surface area (Å²) < 4.78 is 15.3. The van der Waals surface area contributed by atoms with Crippen LogP contribution in [-0.2, 0) is 19.1 Å². The van der Waals surface area contributed by atoms with E-state index < -0.39 is 17.7 Å². The average Bonchev–Trinajstić information content (AvgIpc) is 2.52. The van der Waals surface area contributed by atoms with Gasteiger partial charge in [-0.1, -0.05) is 6.07 Å². The first-order valence-electron chi connectivity index (χ1n) is 7.26. The van der Waals surface area contributed by atoms with Crippen molar-refractivity contribution in [3.05, 3.63) is 42.2 Å². The number of esters is 2. The van der Waals surface area contributed by atoms with Gasteiger partial charge in [-0.25, -0.2) is 14.6 Å². The van der Waals surface area contributed by atoms with Gasteiger partial charge in [0.05, 0.1) is 7.11 Å². The Bertz CT molecular complexity index is 835. The molecule has 1 aliphatic heterocycles. The fourth-order valence-corrected chi connectivity index (χ4v) is 2.33. The molecule has 0 bridgehead atoms. The zero-order valence-electron chi connectivity index (χ0n) is 13.5. The number of carbonyl (C=O) groups is 2. The Morgan fingerprint density at radius 3 is 2.54 bits per heavy atom. The number of nitrogens with one attached hydrogen (secondary N) is 1. The summed E-state index contributed by atoms with van der Waals surface area (Å²) in [6, 6.07) is 7.35. The van der Waals surface area contributed by atoms with E-state index in [-0.39, 0.29) is 5.57 Å². The first-order chi connectivity index (χ1) is 11.4. The molecule has 0 spiro atoms. The van der Waals surface area contributed by atoms with Crippen molar-refractivity contribution in [2.24, 2.45) is 0 Å². The van der Waals surface area contributed by atoms with Crippen molar-refractivity contribution in [3.63, 3.8) is 0 Å². The van der Waals surface area contributed by atoms with E-state index in [4.69, 9.17) is 14.2 Å². The highest BCUT2D eigenvalue weighted by atomic mass is 16.7. The van der Waals surface area contributed by atoms with Crippen LogP contribution >= 0.6 is 0 Å². The molecule has 124 valence electrons. The molecule has 3 rings (SSSR count). The lowest BCUT2D eigenvalue weighted by Gasteiger charge is -2.29. The maximum atomic E-state index is 11.9. The summed E-state index contributed by atoms with van der Waals surface area (Å²) in [5, 5.41) is 4.66. The maximum absolute atomic E-state index is 11.9. The normalized spacial score (nSPS) is 16.4. The number of fused-ring (bicyclic) bond motifs is 1. The molecule has 1 aromatic carbocycles. The smallest absolute Gasteiger partial charge is 0.350 e. The van der Waals surface area contributed by atoms with Crippen LogP contribution in [0.2, 0.25) is 0 Å². The summed E-state index contributed by atoms with van der Waals surface area (Å²) in [5.74, 6) is -2.23. The number of anilines is 1.